The van der Waals surface area contributed by atoms with Gasteiger partial charge < -0.3 is 9.88 Å². The Morgan fingerprint density at radius 3 is 2.76 bits per heavy atom. The second-order valence-electron chi connectivity index (χ2n) is 6.30. The first-order valence-electron chi connectivity index (χ1n) is 8.23. The normalized spacial score (nSPS) is 17.7. The first kappa shape index (κ1) is 14.4. The summed E-state index contributed by atoms with van der Waals surface area (Å²) in [6.45, 7) is 6.47. The molecule has 1 N–H and O–H groups in total. The van der Waals surface area contributed by atoms with E-state index in [1.165, 1.54) is 42.4 Å². The van der Waals surface area contributed by atoms with Crippen molar-refractivity contribution in [3.63, 3.8) is 0 Å². The van der Waals surface area contributed by atoms with Crippen molar-refractivity contribution in [2.45, 2.75) is 52.1 Å². The standard InChI is InChI=1S/C19H26N2/c1-3-11-20-19-6-4-5-17-13-21(14-18(17)19)12-16-9-7-15(2)8-10-16/h7-10,13-14,19-20H,3-6,11-12H2,1-2H3. The molecule has 2 nitrogen and oxygen atoms in total. The molecular weight excluding hydrogens is 256 g/mol. The van der Waals surface area contributed by atoms with Crippen LogP contribution in [-0.4, -0.2) is 11.1 Å². The molecule has 1 aliphatic carbocycles. The quantitative estimate of drug-likeness (QED) is 0.868. The van der Waals surface area contributed by atoms with E-state index in [-0.39, 0.29) is 0 Å². The maximum Gasteiger partial charge on any atom is 0.0470 e. The van der Waals surface area contributed by atoms with Crippen LogP contribution in [0.5, 0.6) is 0 Å². The molecule has 112 valence electrons. The molecule has 0 aliphatic heterocycles. The Balaban J connectivity index is 1.76. The molecule has 0 bridgehead atoms. The third kappa shape index (κ3) is 3.38. The topological polar surface area (TPSA) is 17.0 Å². The highest BCUT2D eigenvalue weighted by atomic mass is 15.0. The lowest BCUT2D eigenvalue weighted by Gasteiger charge is -2.23. The number of benzene rings is 1. The van der Waals surface area contributed by atoms with Gasteiger partial charge in [-0.25, -0.2) is 0 Å². The number of nitrogens with one attached hydrogen (secondary N) is 1. The number of hydrogen-bond donors (Lipinski definition) is 1. The average molecular weight is 282 g/mol. The molecule has 1 heterocycles. The van der Waals surface area contributed by atoms with Crippen LogP contribution in [0.25, 0.3) is 0 Å². The van der Waals surface area contributed by atoms with Crippen LogP contribution in [0, 0.1) is 6.92 Å². The minimum absolute atomic E-state index is 0.563. The van der Waals surface area contributed by atoms with Gasteiger partial charge in [0, 0.05) is 25.0 Å². The summed E-state index contributed by atoms with van der Waals surface area (Å²) in [5, 5.41) is 3.70. The molecule has 1 aromatic carbocycles. The van der Waals surface area contributed by atoms with E-state index >= 15 is 0 Å². The SMILES string of the molecule is CCCNC1CCCc2cn(Cc3ccc(C)cc3)cc21. The monoisotopic (exact) mass is 282 g/mol. The molecule has 0 amide bonds. The Labute approximate surface area is 128 Å². The van der Waals surface area contributed by atoms with Crippen molar-refractivity contribution in [2.75, 3.05) is 6.54 Å². The summed E-state index contributed by atoms with van der Waals surface area (Å²) in [5.41, 5.74) is 5.78. The van der Waals surface area contributed by atoms with Gasteiger partial charge in [-0.1, -0.05) is 36.8 Å². The lowest BCUT2D eigenvalue weighted by molar-refractivity contribution is 0.462. The second kappa shape index (κ2) is 6.48. The van der Waals surface area contributed by atoms with Crippen LogP contribution in [0.4, 0.5) is 0 Å². The van der Waals surface area contributed by atoms with Gasteiger partial charge >= 0.3 is 0 Å². The third-order valence-electron chi connectivity index (χ3n) is 4.44. The fourth-order valence-electron chi connectivity index (χ4n) is 3.27. The minimum atomic E-state index is 0.563. The van der Waals surface area contributed by atoms with E-state index in [2.05, 4.69) is 60.4 Å². The number of aromatic nitrogens is 1. The van der Waals surface area contributed by atoms with Crippen molar-refractivity contribution in [1.82, 2.24) is 9.88 Å². The van der Waals surface area contributed by atoms with Crippen molar-refractivity contribution >= 4 is 0 Å². The molecule has 0 radical (unpaired) electrons. The number of aryl methyl sites for hydroxylation is 2. The zero-order chi connectivity index (χ0) is 14.7. The van der Waals surface area contributed by atoms with Gasteiger partial charge in [-0.05, 0) is 55.8 Å². The van der Waals surface area contributed by atoms with E-state index < -0.39 is 0 Å². The summed E-state index contributed by atoms with van der Waals surface area (Å²) in [5.74, 6) is 0. The summed E-state index contributed by atoms with van der Waals surface area (Å²) in [4.78, 5) is 0. The lowest BCUT2D eigenvalue weighted by Crippen LogP contribution is -2.24. The summed E-state index contributed by atoms with van der Waals surface area (Å²) in [7, 11) is 0. The third-order valence-corrected chi connectivity index (χ3v) is 4.44. The van der Waals surface area contributed by atoms with Gasteiger partial charge in [0.1, 0.15) is 0 Å². The second-order valence-corrected chi connectivity index (χ2v) is 6.30. The molecule has 1 aromatic heterocycles. The number of hydrogen-bond acceptors (Lipinski definition) is 1. The van der Waals surface area contributed by atoms with E-state index in [1.807, 2.05) is 0 Å². The smallest absolute Gasteiger partial charge is 0.0470 e. The largest absolute Gasteiger partial charge is 0.349 e. The number of nitrogens with zero attached hydrogens (tertiary/aromatic N) is 1. The fraction of sp³-hybridized carbons (Fsp3) is 0.474. The van der Waals surface area contributed by atoms with E-state index in [0.29, 0.717) is 6.04 Å². The van der Waals surface area contributed by atoms with Crippen LogP contribution in [0.15, 0.2) is 36.7 Å². The van der Waals surface area contributed by atoms with Gasteiger partial charge in [-0.2, -0.15) is 0 Å². The van der Waals surface area contributed by atoms with Crippen molar-refractivity contribution in [2.24, 2.45) is 0 Å². The Morgan fingerprint density at radius 2 is 2.00 bits per heavy atom. The molecule has 3 rings (SSSR count). The molecule has 1 aliphatic rings. The maximum atomic E-state index is 3.70. The maximum absolute atomic E-state index is 3.70. The van der Waals surface area contributed by atoms with Gasteiger partial charge in [0.05, 0.1) is 0 Å². The molecule has 0 spiro atoms. The van der Waals surface area contributed by atoms with Gasteiger partial charge in [0.2, 0.25) is 0 Å². The average Bonchev–Trinajstić information content (AvgIpc) is 2.90. The van der Waals surface area contributed by atoms with Crippen LogP contribution in [0.3, 0.4) is 0 Å². The lowest BCUT2D eigenvalue weighted by atomic mass is 9.91. The Hall–Kier alpha value is -1.54. The van der Waals surface area contributed by atoms with Gasteiger partial charge in [0.25, 0.3) is 0 Å². The van der Waals surface area contributed by atoms with Gasteiger partial charge in [-0.3, -0.25) is 0 Å². The Bertz CT molecular complexity index is 580. The molecular formula is C19H26N2. The molecule has 21 heavy (non-hydrogen) atoms. The van der Waals surface area contributed by atoms with E-state index in [9.17, 15) is 0 Å². The summed E-state index contributed by atoms with van der Waals surface area (Å²) >= 11 is 0. The molecule has 0 saturated heterocycles. The van der Waals surface area contributed by atoms with Crippen molar-refractivity contribution in [3.05, 3.63) is 58.9 Å². The predicted octanol–water partition coefficient (Wildman–Crippen LogP) is 4.22. The summed E-state index contributed by atoms with van der Waals surface area (Å²) < 4.78 is 2.36. The first-order chi connectivity index (χ1) is 10.3. The van der Waals surface area contributed by atoms with Crippen LogP contribution in [0.1, 0.15) is 54.5 Å². The molecule has 1 unspecified atom stereocenters. The van der Waals surface area contributed by atoms with Crippen molar-refractivity contribution in [1.29, 1.82) is 0 Å². The zero-order valence-corrected chi connectivity index (χ0v) is 13.2. The highest BCUT2D eigenvalue weighted by molar-refractivity contribution is 5.31. The molecule has 0 saturated carbocycles. The predicted molar refractivity (Wildman–Crippen MR) is 88.7 cm³/mol. The number of rotatable bonds is 5. The van der Waals surface area contributed by atoms with Gasteiger partial charge in [-0.15, -0.1) is 0 Å². The van der Waals surface area contributed by atoms with E-state index in [0.717, 1.165) is 13.1 Å². The van der Waals surface area contributed by atoms with Gasteiger partial charge in [0.15, 0.2) is 0 Å². The summed E-state index contributed by atoms with van der Waals surface area (Å²) in [6.07, 6.45) is 9.75. The molecule has 0 fully saturated rings. The van der Waals surface area contributed by atoms with E-state index in [4.69, 9.17) is 0 Å². The molecule has 2 heteroatoms. The van der Waals surface area contributed by atoms with Crippen molar-refractivity contribution < 1.29 is 0 Å². The highest BCUT2D eigenvalue weighted by Gasteiger charge is 2.21. The highest BCUT2D eigenvalue weighted by Crippen LogP contribution is 2.30. The molecule has 1 atom stereocenters. The Kier molecular flexibility index (Phi) is 4.45. The zero-order valence-electron chi connectivity index (χ0n) is 13.2. The van der Waals surface area contributed by atoms with E-state index in [1.54, 1.807) is 5.56 Å². The minimum Gasteiger partial charge on any atom is -0.349 e. The molecule has 2 aromatic rings. The fourth-order valence-corrected chi connectivity index (χ4v) is 3.27. The Morgan fingerprint density at radius 1 is 1.19 bits per heavy atom. The van der Waals surface area contributed by atoms with Crippen molar-refractivity contribution in [3.8, 4) is 0 Å². The van der Waals surface area contributed by atoms with Crippen LogP contribution in [-0.2, 0) is 13.0 Å². The van der Waals surface area contributed by atoms with Crippen LogP contribution >= 0.6 is 0 Å². The number of fused-ring (bicyclic) bond motifs is 1. The first-order valence-corrected chi connectivity index (χ1v) is 8.23. The summed E-state index contributed by atoms with van der Waals surface area (Å²) in [6, 6.07) is 9.43. The van der Waals surface area contributed by atoms with Crippen LogP contribution in [0.2, 0.25) is 0 Å². The van der Waals surface area contributed by atoms with Crippen LogP contribution < -0.4 is 5.32 Å².